The Labute approximate surface area is 130 Å². The van der Waals surface area contributed by atoms with Gasteiger partial charge in [0.1, 0.15) is 16.9 Å². The molecule has 0 aromatic heterocycles. The molecule has 2 heterocycles. The molecule has 3 rings (SSSR count). The van der Waals surface area contributed by atoms with Gasteiger partial charge in [-0.25, -0.2) is 4.79 Å². The van der Waals surface area contributed by atoms with Gasteiger partial charge in [0.2, 0.25) is 5.89 Å². The van der Waals surface area contributed by atoms with Gasteiger partial charge in [-0.15, -0.1) is 0 Å². The smallest absolute Gasteiger partial charge is 0.351 e. The average Bonchev–Trinajstić information content (AvgIpc) is 2.46. The second-order valence-corrected chi connectivity index (χ2v) is 5.40. The molecule has 2 aliphatic rings. The van der Waals surface area contributed by atoms with Crippen LogP contribution < -0.4 is 16.0 Å². The lowest BCUT2D eigenvalue weighted by Gasteiger charge is -2.14. The molecule has 0 amide bonds. The van der Waals surface area contributed by atoms with Crippen molar-refractivity contribution in [3.8, 4) is 17.2 Å². The highest BCUT2D eigenvalue weighted by Crippen LogP contribution is 2.33. The Morgan fingerprint density at radius 1 is 1.36 bits per heavy atom. The Hall–Kier alpha value is -2.34. The summed E-state index contributed by atoms with van der Waals surface area (Å²) in [6.45, 7) is 3.94. The molecule has 22 heavy (non-hydrogen) atoms. The molecule has 114 valence electrons. The number of ether oxygens (including phenoxy) is 1. The van der Waals surface area contributed by atoms with Gasteiger partial charge >= 0.3 is 5.69 Å². The monoisotopic (exact) mass is 320 g/mol. The maximum Gasteiger partial charge on any atom is 0.351 e. The van der Waals surface area contributed by atoms with Gasteiger partial charge in [0.15, 0.2) is 0 Å². The van der Waals surface area contributed by atoms with E-state index >= 15 is 0 Å². The largest absolute Gasteiger partial charge is 0.489 e. The van der Waals surface area contributed by atoms with Crippen LogP contribution in [0.15, 0.2) is 32.2 Å². The predicted molar refractivity (Wildman–Crippen MR) is 82.9 cm³/mol. The summed E-state index contributed by atoms with van der Waals surface area (Å²) in [4.78, 5) is 28.8. The van der Waals surface area contributed by atoms with Crippen molar-refractivity contribution in [2.45, 2.75) is 26.4 Å². The predicted octanol–water partition coefficient (Wildman–Crippen LogP) is 2.81. The minimum atomic E-state index is -0.745. The summed E-state index contributed by atoms with van der Waals surface area (Å²) in [7, 11) is 0. The van der Waals surface area contributed by atoms with E-state index in [4.69, 9.17) is 20.8 Å². The fourth-order valence-electron chi connectivity index (χ4n) is 2.05. The van der Waals surface area contributed by atoms with E-state index in [1.807, 2.05) is 13.8 Å². The number of rotatable bonds is 3. The number of fused-ring (bicyclic) bond motifs is 2. The van der Waals surface area contributed by atoms with Gasteiger partial charge in [-0.2, -0.15) is 4.98 Å². The maximum absolute atomic E-state index is 11.8. The van der Waals surface area contributed by atoms with Crippen LogP contribution in [-0.2, 0) is 0 Å². The Bertz CT molecular complexity index is 931. The highest BCUT2D eigenvalue weighted by atomic mass is 35.5. The Morgan fingerprint density at radius 2 is 2.14 bits per heavy atom. The van der Waals surface area contributed by atoms with Crippen molar-refractivity contribution in [2.24, 2.45) is 0 Å². The van der Waals surface area contributed by atoms with Crippen LogP contribution in [0.5, 0.6) is 5.75 Å². The van der Waals surface area contributed by atoms with Crippen LogP contribution in [0, 0.1) is 0 Å². The molecular formula is C15H13ClN2O4. The molecule has 1 atom stereocenters. The van der Waals surface area contributed by atoms with Gasteiger partial charge in [0.25, 0.3) is 5.56 Å². The molecule has 0 spiro atoms. The molecule has 1 aromatic carbocycles. The molecule has 1 unspecified atom stereocenters. The van der Waals surface area contributed by atoms with E-state index in [1.54, 1.807) is 18.2 Å². The van der Waals surface area contributed by atoms with Gasteiger partial charge in [-0.1, -0.05) is 18.5 Å². The fourth-order valence-corrected chi connectivity index (χ4v) is 2.27. The average molecular weight is 321 g/mol. The second-order valence-electron chi connectivity index (χ2n) is 4.99. The maximum atomic E-state index is 11.8. The molecule has 1 N–H and O–H groups in total. The second kappa shape index (κ2) is 5.46. The number of halogens is 1. The Morgan fingerprint density at radius 3 is 2.86 bits per heavy atom. The molecule has 0 saturated heterocycles. The Balaban J connectivity index is 2.24. The summed E-state index contributed by atoms with van der Waals surface area (Å²) in [5, 5.41) is 1.05. The van der Waals surface area contributed by atoms with Gasteiger partial charge in [0, 0.05) is 11.5 Å². The van der Waals surface area contributed by atoms with Crippen molar-refractivity contribution < 1.29 is 9.15 Å². The zero-order valence-corrected chi connectivity index (χ0v) is 12.7. The van der Waals surface area contributed by atoms with Crippen molar-refractivity contribution in [3.63, 3.8) is 0 Å². The van der Waals surface area contributed by atoms with Crippen LogP contribution >= 0.6 is 11.6 Å². The molecule has 6 nitrogen and oxygen atoms in total. The van der Waals surface area contributed by atoms with Gasteiger partial charge in [-0.3, -0.25) is 9.78 Å². The standard InChI is InChI=1S/C15H13ClN2O4/c1-3-7(2)21-12-6-11-8(5-10(12)16)4-9-13(19)17-15(20)18-14(9)22-11/h4-7H,3H2,1-2H3,(H,17,19,20). The lowest BCUT2D eigenvalue weighted by Crippen LogP contribution is -2.24. The van der Waals surface area contributed by atoms with Crippen molar-refractivity contribution in [2.75, 3.05) is 0 Å². The van der Waals surface area contributed by atoms with Crippen molar-refractivity contribution >= 4 is 22.6 Å². The number of nitrogens with one attached hydrogen (secondary N) is 1. The molecule has 0 fully saturated rings. The molecule has 7 heteroatoms. The van der Waals surface area contributed by atoms with Gasteiger partial charge in [-0.05, 0) is 25.5 Å². The summed E-state index contributed by atoms with van der Waals surface area (Å²) < 4.78 is 11.3. The molecule has 0 radical (unpaired) electrons. The first-order valence-electron chi connectivity index (χ1n) is 6.82. The lowest BCUT2D eigenvalue weighted by molar-refractivity contribution is 0.217. The number of nitrogens with zero attached hydrogens (tertiary/aromatic N) is 1. The Kier molecular flexibility index (Phi) is 3.62. The first kappa shape index (κ1) is 14.6. The summed E-state index contributed by atoms with van der Waals surface area (Å²) >= 11 is 6.20. The van der Waals surface area contributed by atoms with Crippen LogP contribution in [0.3, 0.4) is 0 Å². The third-order valence-electron chi connectivity index (χ3n) is 3.37. The lowest BCUT2D eigenvalue weighted by atomic mass is 10.1. The number of benzene rings is 1. The number of hydrogen-bond donors (Lipinski definition) is 1. The van der Waals surface area contributed by atoms with E-state index in [0.29, 0.717) is 21.7 Å². The summed E-state index contributed by atoms with van der Waals surface area (Å²) in [5.41, 5.74) is -0.659. The number of H-pyrrole nitrogens is 1. The quantitative estimate of drug-likeness (QED) is 0.750. The first-order chi connectivity index (χ1) is 10.5. The first-order valence-corrected chi connectivity index (χ1v) is 7.20. The summed E-state index contributed by atoms with van der Waals surface area (Å²) in [6, 6.07) is 4.87. The normalized spacial score (nSPS) is 12.7. The molecule has 0 saturated carbocycles. The highest BCUT2D eigenvalue weighted by molar-refractivity contribution is 6.32. The van der Waals surface area contributed by atoms with Crippen LogP contribution in [0.2, 0.25) is 5.02 Å². The van der Waals surface area contributed by atoms with Crippen LogP contribution in [0.25, 0.3) is 22.4 Å². The third-order valence-corrected chi connectivity index (χ3v) is 3.67. The molecule has 0 aliphatic carbocycles. The van der Waals surface area contributed by atoms with Gasteiger partial charge in [0.05, 0.1) is 11.1 Å². The molecule has 1 aromatic rings. The topological polar surface area (TPSA) is 85.2 Å². The zero-order valence-electron chi connectivity index (χ0n) is 12.0. The van der Waals surface area contributed by atoms with Crippen molar-refractivity contribution in [1.82, 2.24) is 9.97 Å². The minimum Gasteiger partial charge on any atom is -0.489 e. The molecular weight excluding hydrogens is 308 g/mol. The third kappa shape index (κ3) is 2.57. The van der Waals surface area contributed by atoms with Crippen molar-refractivity contribution in [1.29, 1.82) is 0 Å². The zero-order chi connectivity index (χ0) is 15.9. The van der Waals surface area contributed by atoms with Crippen molar-refractivity contribution in [3.05, 3.63) is 44.1 Å². The summed E-state index contributed by atoms with van der Waals surface area (Å²) in [5.74, 6) is 0.469. The van der Waals surface area contributed by atoms with E-state index in [-0.39, 0.29) is 17.6 Å². The van der Waals surface area contributed by atoms with E-state index < -0.39 is 11.2 Å². The number of aromatic amines is 1. The number of hydrogen-bond acceptors (Lipinski definition) is 5. The van der Waals surface area contributed by atoms with E-state index in [0.717, 1.165) is 6.42 Å². The molecule has 2 aliphatic heterocycles. The van der Waals surface area contributed by atoms with Crippen LogP contribution in [-0.4, -0.2) is 16.1 Å². The van der Waals surface area contributed by atoms with E-state index in [9.17, 15) is 9.59 Å². The van der Waals surface area contributed by atoms with Crippen LogP contribution in [0.1, 0.15) is 20.3 Å². The minimum absolute atomic E-state index is 0.00428. The SMILES string of the molecule is CCC(C)Oc1cc2oc3nc(=O)[nH]c(=O)c-3cc2cc1Cl. The highest BCUT2D eigenvalue weighted by Gasteiger charge is 2.16. The van der Waals surface area contributed by atoms with E-state index in [2.05, 4.69) is 9.97 Å². The summed E-state index contributed by atoms with van der Waals surface area (Å²) in [6.07, 6.45) is 0.837. The number of aromatic nitrogens is 2. The van der Waals surface area contributed by atoms with Gasteiger partial charge < -0.3 is 9.15 Å². The fraction of sp³-hybridized carbons (Fsp3) is 0.267. The molecule has 0 bridgehead atoms. The van der Waals surface area contributed by atoms with Crippen LogP contribution in [0.4, 0.5) is 0 Å². The van der Waals surface area contributed by atoms with E-state index in [1.165, 1.54) is 0 Å².